The Labute approximate surface area is 162 Å². The minimum absolute atomic E-state index is 0.0926. The number of benzene rings is 2. The molecule has 0 saturated heterocycles. The first-order valence-corrected chi connectivity index (χ1v) is 9.04. The minimum atomic E-state index is -0.0926. The van der Waals surface area contributed by atoms with Crippen LogP contribution in [0.25, 0.3) is 16.6 Å². The first kappa shape index (κ1) is 17.7. The summed E-state index contributed by atoms with van der Waals surface area (Å²) in [6.45, 7) is 2.95. The van der Waals surface area contributed by atoms with E-state index in [-0.39, 0.29) is 5.91 Å². The molecule has 0 aliphatic heterocycles. The number of nitrogens with zero attached hydrogens (tertiary/aromatic N) is 4. The number of carbonyl (C=O) groups is 1. The lowest BCUT2D eigenvalue weighted by Crippen LogP contribution is -2.28. The number of anilines is 1. The molecule has 0 bridgehead atoms. The molecule has 0 aliphatic rings. The molecule has 7 nitrogen and oxygen atoms in total. The van der Waals surface area contributed by atoms with Crippen LogP contribution < -0.4 is 10.6 Å². The van der Waals surface area contributed by atoms with Crippen LogP contribution in [-0.2, 0) is 0 Å². The van der Waals surface area contributed by atoms with E-state index >= 15 is 0 Å². The monoisotopic (exact) mass is 372 g/mol. The van der Waals surface area contributed by atoms with E-state index in [0.717, 1.165) is 22.4 Å². The van der Waals surface area contributed by atoms with Gasteiger partial charge in [-0.25, -0.2) is 15.0 Å². The summed E-state index contributed by atoms with van der Waals surface area (Å²) in [6, 6.07) is 15.5. The maximum absolute atomic E-state index is 12.4. The third-order valence-electron chi connectivity index (χ3n) is 4.45. The molecule has 0 atom stereocenters. The van der Waals surface area contributed by atoms with E-state index in [0.29, 0.717) is 24.5 Å². The lowest BCUT2D eigenvalue weighted by molar-refractivity contribution is 0.0955. The van der Waals surface area contributed by atoms with Crippen molar-refractivity contribution in [1.82, 2.24) is 24.8 Å². The molecule has 4 rings (SSSR count). The van der Waals surface area contributed by atoms with Gasteiger partial charge in [0.05, 0.1) is 0 Å². The van der Waals surface area contributed by atoms with Gasteiger partial charge < -0.3 is 10.6 Å². The van der Waals surface area contributed by atoms with Gasteiger partial charge in [-0.15, -0.1) is 0 Å². The van der Waals surface area contributed by atoms with E-state index in [2.05, 4.69) is 25.6 Å². The van der Waals surface area contributed by atoms with E-state index < -0.39 is 0 Å². The summed E-state index contributed by atoms with van der Waals surface area (Å²) in [5.41, 5.74) is 0.651. The molecular formula is C21H20N6O. The van der Waals surface area contributed by atoms with Gasteiger partial charge in [0.1, 0.15) is 23.8 Å². The summed E-state index contributed by atoms with van der Waals surface area (Å²) in [6.07, 6.45) is 5.09. The maximum atomic E-state index is 12.4. The third kappa shape index (κ3) is 3.83. The van der Waals surface area contributed by atoms with Gasteiger partial charge in [0, 0.05) is 37.1 Å². The van der Waals surface area contributed by atoms with Gasteiger partial charge in [0.15, 0.2) is 0 Å². The molecule has 28 heavy (non-hydrogen) atoms. The number of nitrogens with one attached hydrogen (secondary N) is 2. The number of aromatic nitrogens is 4. The molecule has 0 aliphatic carbocycles. The normalized spacial score (nSPS) is 10.8. The molecule has 2 N–H and O–H groups in total. The number of hydrogen-bond donors (Lipinski definition) is 2. The summed E-state index contributed by atoms with van der Waals surface area (Å²) < 4.78 is 1.88. The third-order valence-corrected chi connectivity index (χ3v) is 4.45. The predicted octanol–water partition coefficient (Wildman–Crippen LogP) is 2.97. The van der Waals surface area contributed by atoms with Crippen molar-refractivity contribution >= 4 is 22.5 Å². The van der Waals surface area contributed by atoms with Crippen LogP contribution in [0.2, 0.25) is 0 Å². The highest BCUT2D eigenvalue weighted by atomic mass is 16.1. The van der Waals surface area contributed by atoms with Gasteiger partial charge in [-0.2, -0.15) is 0 Å². The van der Waals surface area contributed by atoms with E-state index in [1.54, 1.807) is 6.20 Å². The quantitative estimate of drug-likeness (QED) is 0.508. The number of carbonyl (C=O) groups excluding carboxylic acids is 1. The predicted molar refractivity (Wildman–Crippen MR) is 109 cm³/mol. The number of aryl methyl sites for hydroxylation is 1. The number of rotatable bonds is 6. The highest BCUT2D eigenvalue weighted by Crippen LogP contribution is 2.15. The zero-order valence-corrected chi connectivity index (χ0v) is 15.5. The molecule has 1 amide bonds. The van der Waals surface area contributed by atoms with Gasteiger partial charge in [-0.1, -0.05) is 30.3 Å². The van der Waals surface area contributed by atoms with Crippen LogP contribution in [0.3, 0.4) is 0 Å². The van der Waals surface area contributed by atoms with E-state index in [9.17, 15) is 4.79 Å². The van der Waals surface area contributed by atoms with Crippen molar-refractivity contribution in [3.63, 3.8) is 0 Å². The maximum Gasteiger partial charge on any atom is 0.251 e. The van der Waals surface area contributed by atoms with Crippen LogP contribution in [0, 0.1) is 6.92 Å². The fourth-order valence-corrected chi connectivity index (χ4v) is 2.99. The summed E-state index contributed by atoms with van der Waals surface area (Å²) in [4.78, 5) is 25.1. The van der Waals surface area contributed by atoms with E-state index in [4.69, 9.17) is 0 Å². The Hall–Kier alpha value is -3.74. The smallest absolute Gasteiger partial charge is 0.251 e. The lowest BCUT2D eigenvalue weighted by atomic mass is 10.1. The number of imidazole rings is 1. The topological polar surface area (TPSA) is 84.7 Å². The van der Waals surface area contributed by atoms with Crippen LogP contribution in [0.4, 0.5) is 5.82 Å². The Kier molecular flexibility index (Phi) is 4.97. The Morgan fingerprint density at radius 2 is 1.86 bits per heavy atom. The van der Waals surface area contributed by atoms with Gasteiger partial charge in [-0.05, 0) is 29.8 Å². The standard InChI is InChI=1S/C21H20N6O/c1-15-22-10-11-27(15)20-13-19(25-14-26-20)23-8-9-24-21(28)18-7-6-16-4-2-3-5-17(16)12-18/h2-7,10-14H,8-9H2,1H3,(H,24,28)(H,23,25,26). The largest absolute Gasteiger partial charge is 0.368 e. The Balaban J connectivity index is 1.33. The second-order valence-corrected chi connectivity index (χ2v) is 6.35. The first-order valence-electron chi connectivity index (χ1n) is 9.04. The average molecular weight is 372 g/mol. The van der Waals surface area contributed by atoms with Crippen LogP contribution >= 0.6 is 0 Å². The molecule has 140 valence electrons. The fourth-order valence-electron chi connectivity index (χ4n) is 2.99. The van der Waals surface area contributed by atoms with Crippen molar-refractivity contribution in [2.75, 3.05) is 18.4 Å². The zero-order valence-electron chi connectivity index (χ0n) is 15.5. The molecular weight excluding hydrogens is 352 g/mol. The van der Waals surface area contributed by atoms with Crippen molar-refractivity contribution in [2.45, 2.75) is 6.92 Å². The zero-order chi connectivity index (χ0) is 19.3. The minimum Gasteiger partial charge on any atom is -0.368 e. The van der Waals surface area contributed by atoms with Crippen molar-refractivity contribution in [1.29, 1.82) is 0 Å². The van der Waals surface area contributed by atoms with E-state index in [1.165, 1.54) is 6.33 Å². The molecule has 7 heteroatoms. The molecule has 2 aromatic heterocycles. The van der Waals surface area contributed by atoms with Crippen LogP contribution in [-0.4, -0.2) is 38.5 Å². The van der Waals surface area contributed by atoms with Crippen LogP contribution in [0.15, 0.2) is 67.3 Å². The highest BCUT2D eigenvalue weighted by molar-refractivity contribution is 5.98. The molecule has 4 aromatic rings. The molecule has 2 heterocycles. The molecule has 0 unspecified atom stereocenters. The van der Waals surface area contributed by atoms with Crippen molar-refractivity contribution in [3.8, 4) is 5.82 Å². The van der Waals surface area contributed by atoms with Gasteiger partial charge >= 0.3 is 0 Å². The van der Waals surface area contributed by atoms with Crippen molar-refractivity contribution in [2.24, 2.45) is 0 Å². The summed E-state index contributed by atoms with van der Waals surface area (Å²) in [5, 5.41) is 8.30. The van der Waals surface area contributed by atoms with Gasteiger partial charge in [-0.3, -0.25) is 9.36 Å². The van der Waals surface area contributed by atoms with Gasteiger partial charge in [0.25, 0.3) is 5.91 Å². The van der Waals surface area contributed by atoms with Crippen LogP contribution in [0.1, 0.15) is 16.2 Å². The Morgan fingerprint density at radius 1 is 1.00 bits per heavy atom. The Bertz CT molecular complexity index is 1120. The Morgan fingerprint density at radius 3 is 2.68 bits per heavy atom. The van der Waals surface area contributed by atoms with Crippen molar-refractivity contribution < 1.29 is 4.79 Å². The molecule has 0 spiro atoms. The van der Waals surface area contributed by atoms with Crippen molar-refractivity contribution in [3.05, 3.63) is 78.6 Å². The van der Waals surface area contributed by atoms with Gasteiger partial charge in [0.2, 0.25) is 0 Å². The number of fused-ring (bicyclic) bond motifs is 1. The molecule has 0 saturated carbocycles. The SMILES string of the molecule is Cc1nccn1-c1cc(NCCNC(=O)c2ccc3ccccc3c2)ncn1. The molecule has 0 radical (unpaired) electrons. The second-order valence-electron chi connectivity index (χ2n) is 6.35. The second kappa shape index (κ2) is 7.87. The summed E-state index contributed by atoms with van der Waals surface area (Å²) >= 11 is 0. The summed E-state index contributed by atoms with van der Waals surface area (Å²) in [5.74, 6) is 2.20. The highest BCUT2D eigenvalue weighted by Gasteiger charge is 2.06. The summed E-state index contributed by atoms with van der Waals surface area (Å²) in [7, 11) is 0. The lowest BCUT2D eigenvalue weighted by Gasteiger charge is -2.09. The average Bonchev–Trinajstić information content (AvgIpc) is 3.17. The van der Waals surface area contributed by atoms with E-state index in [1.807, 2.05) is 66.2 Å². The fraction of sp³-hybridized carbons (Fsp3) is 0.143. The van der Waals surface area contributed by atoms with Crippen LogP contribution in [0.5, 0.6) is 0 Å². The molecule has 0 fully saturated rings. The number of hydrogen-bond acceptors (Lipinski definition) is 5. The molecule has 2 aromatic carbocycles. The number of amides is 1. The first-order chi connectivity index (χ1) is 13.7.